The highest BCUT2D eigenvalue weighted by Gasteiger charge is 2.51. The molecule has 2 aliphatic rings. The second kappa shape index (κ2) is 6.96. The Hall–Kier alpha value is -2.18. The normalized spacial score (nSPS) is 19.9. The predicted molar refractivity (Wildman–Crippen MR) is 114 cm³/mol. The van der Waals surface area contributed by atoms with E-state index in [0.29, 0.717) is 24.6 Å². The Morgan fingerprint density at radius 1 is 1.14 bits per heavy atom. The highest BCUT2D eigenvalue weighted by molar-refractivity contribution is 6.62. The van der Waals surface area contributed by atoms with E-state index in [1.165, 1.54) is 5.56 Å². The van der Waals surface area contributed by atoms with Gasteiger partial charge < -0.3 is 14.2 Å². The van der Waals surface area contributed by atoms with Crippen molar-refractivity contribution in [3.63, 3.8) is 0 Å². The monoisotopic (exact) mass is 392 g/mol. The minimum absolute atomic E-state index is 0.0536. The molecule has 0 unspecified atom stereocenters. The molecule has 3 heterocycles. The van der Waals surface area contributed by atoms with Gasteiger partial charge in [-0.3, -0.25) is 9.78 Å². The first-order chi connectivity index (χ1) is 13.6. The van der Waals surface area contributed by atoms with Crippen molar-refractivity contribution in [2.75, 3.05) is 0 Å². The fraction of sp³-hybridized carbons (Fsp3) is 0.478. The van der Waals surface area contributed by atoms with Gasteiger partial charge in [0.1, 0.15) is 0 Å². The Kier molecular flexibility index (Phi) is 4.83. The zero-order valence-corrected chi connectivity index (χ0v) is 18.2. The molecule has 0 spiro atoms. The number of hydrogen-bond acceptors (Lipinski definition) is 4. The van der Waals surface area contributed by atoms with Gasteiger partial charge in [0.05, 0.1) is 29.0 Å². The molecule has 0 saturated carbocycles. The van der Waals surface area contributed by atoms with Crippen molar-refractivity contribution in [1.29, 1.82) is 0 Å². The number of nitrogens with zero attached hydrogens (tertiary/aromatic N) is 2. The summed E-state index contributed by atoms with van der Waals surface area (Å²) >= 11 is 0. The first kappa shape index (κ1) is 20.1. The molecule has 6 heteroatoms. The quantitative estimate of drug-likeness (QED) is 0.746. The molecule has 0 aliphatic carbocycles. The van der Waals surface area contributed by atoms with Gasteiger partial charge in [0, 0.05) is 12.7 Å². The Morgan fingerprint density at radius 2 is 1.83 bits per heavy atom. The maximum Gasteiger partial charge on any atom is 0.494 e. The summed E-state index contributed by atoms with van der Waals surface area (Å²) in [5.74, 6) is 0.378. The number of fused-ring (bicyclic) bond motifs is 1. The zero-order valence-electron chi connectivity index (χ0n) is 18.2. The molecule has 152 valence electrons. The van der Waals surface area contributed by atoms with Gasteiger partial charge in [-0.05, 0) is 62.3 Å². The molecule has 0 atom stereocenters. The SMILES string of the molecule is CC(C)c1cc(B2OC(C)(C)C(C)(C)O2)ccc1CN1Cc2ncccc2C1=O. The van der Waals surface area contributed by atoms with Gasteiger partial charge in [-0.2, -0.15) is 0 Å². The van der Waals surface area contributed by atoms with E-state index in [1.54, 1.807) is 6.20 Å². The summed E-state index contributed by atoms with van der Waals surface area (Å²) in [4.78, 5) is 19.0. The smallest absolute Gasteiger partial charge is 0.399 e. The first-order valence-electron chi connectivity index (χ1n) is 10.3. The minimum atomic E-state index is -0.381. The Bertz CT molecular complexity index is 939. The number of hydrogen-bond donors (Lipinski definition) is 0. The van der Waals surface area contributed by atoms with Crippen LogP contribution in [0.4, 0.5) is 0 Å². The maximum atomic E-state index is 12.7. The molecule has 5 nitrogen and oxygen atoms in total. The van der Waals surface area contributed by atoms with Crippen molar-refractivity contribution >= 4 is 18.5 Å². The Morgan fingerprint density at radius 3 is 2.45 bits per heavy atom. The number of rotatable bonds is 4. The highest BCUT2D eigenvalue weighted by Crippen LogP contribution is 2.37. The lowest BCUT2D eigenvalue weighted by atomic mass is 9.76. The van der Waals surface area contributed by atoms with Crippen molar-refractivity contribution in [3.8, 4) is 0 Å². The van der Waals surface area contributed by atoms with E-state index in [9.17, 15) is 4.79 Å². The van der Waals surface area contributed by atoms with Gasteiger partial charge >= 0.3 is 7.12 Å². The van der Waals surface area contributed by atoms with E-state index < -0.39 is 0 Å². The molecule has 1 saturated heterocycles. The number of carbonyl (C=O) groups is 1. The third kappa shape index (κ3) is 3.49. The number of benzene rings is 1. The summed E-state index contributed by atoms with van der Waals surface area (Å²) in [6.07, 6.45) is 1.74. The second-order valence-corrected chi connectivity index (χ2v) is 9.36. The van der Waals surface area contributed by atoms with Crippen LogP contribution in [-0.4, -0.2) is 34.1 Å². The molecule has 1 aromatic heterocycles. The van der Waals surface area contributed by atoms with Gasteiger partial charge in [-0.25, -0.2) is 0 Å². The molecule has 0 N–H and O–H groups in total. The van der Waals surface area contributed by atoms with Crippen LogP contribution < -0.4 is 5.46 Å². The number of pyridine rings is 1. The molecule has 29 heavy (non-hydrogen) atoms. The molecule has 0 bridgehead atoms. The third-order valence-corrected chi connectivity index (χ3v) is 6.43. The summed E-state index contributed by atoms with van der Waals surface area (Å²) < 4.78 is 12.4. The summed E-state index contributed by atoms with van der Waals surface area (Å²) in [7, 11) is -0.381. The van der Waals surface area contributed by atoms with E-state index in [4.69, 9.17) is 9.31 Å². The van der Waals surface area contributed by atoms with Crippen LogP contribution in [0.25, 0.3) is 0 Å². The zero-order chi connectivity index (χ0) is 21.0. The topological polar surface area (TPSA) is 51.7 Å². The predicted octanol–water partition coefficient (Wildman–Crippen LogP) is 3.66. The van der Waals surface area contributed by atoms with Crippen molar-refractivity contribution in [1.82, 2.24) is 9.88 Å². The van der Waals surface area contributed by atoms with Crippen LogP contribution in [0, 0.1) is 0 Å². The number of carbonyl (C=O) groups excluding carboxylic acids is 1. The highest BCUT2D eigenvalue weighted by atomic mass is 16.7. The third-order valence-electron chi connectivity index (χ3n) is 6.43. The van der Waals surface area contributed by atoms with Crippen LogP contribution in [0.2, 0.25) is 0 Å². The van der Waals surface area contributed by atoms with Crippen LogP contribution in [0.3, 0.4) is 0 Å². The molecule has 0 radical (unpaired) electrons. The van der Waals surface area contributed by atoms with Crippen LogP contribution in [0.5, 0.6) is 0 Å². The molecule has 4 rings (SSSR count). The molecule has 2 aromatic rings. The molecular formula is C23H29BN2O3. The number of amides is 1. The van der Waals surface area contributed by atoms with Crippen molar-refractivity contribution in [3.05, 3.63) is 58.9 Å². The molecular weight excluding hydrogens is 363 g/mol. The molecule has 2 aliphatic heterocycles. The Labute approximate surface area is 173 Å². The second-order valence-electron chi connectivity index (χ2n) is 9.36. The average molecular weight is 392 g/mol. The van der Waals surface area contributed by atoms with Gasteiger partial charge in [-0.15, -0.1) is 0 Å². The lowest BCUT2D eigenvalue weighted by Crippen LogP contribution is -2.41. The lowest BCUT2D eigenvalue weighted by molar-refractivity contribution is 0.00578. The molecule has 1 amide bonds. The molecule has 1 aromatic carbocycles. The van der Waals surface area contributed by atoms with Gasteiger partial charge in [0.25, 0.3) is 5.91 Å². The van der Waals surface area contributed by atoms with Gasteiger partial charge in [0.15, 0.2) is 0 Å². The van der Waals surface area contributed by atoms with Crippen LogP contribution in [0.1, 0.15) is 74.6 Å². The van der Waals surface area contributed by atoms with E-state index in [-0.39, 0.29) is 24.2 Å². The van der Waals surface area contributed by atoms with E-state index in [1.807, 2.05) is 17.0 Å². The van der Waals surface area contributed by atoms with Crippen LogP contribution in [0.15, 0.2) is 36.5 Å². The number of aromatic nitrogens is 1. The maximum absolute atomic E-state index is 12.7. The minimum Gasteiger partial charge on any atom is -0.399 e. The van der Waals surface area contributed by atoms with Crippen LogP contribution in [-0.2, 0) is 22.4 Å². The van der Waals surface area contributed by atoms with Crippen molar-refractivity contribution in [2.45, 2.75) is 71.8 Å². The Balaban J connectivity index is 1.59. The lowest BCUT2D eigenvalue weighted by Gasteiger charge is -2.32. The molecule has 1 fully saturated rings. The fourth-order valence-corrected chi connectivity index (χ4v) is 3.94. The standard InChI is InChI=1S/C23H29BN2O3/c1-15(2)19-12-17(24-28-22(3,4)23(5,6)29-24)10-9-16(19)13-26-14-20-18(21(26)27)8-7-11-25-20/h7-12,15H,13-14H2,1-6H3. The largest absolute Gasteiger partial charge is 0.494 e. The van der Waals surface area contributed by atoms with E-state index in [2.05, 4.69) is 64.7 Å². The van der Waals surface area contributed by atoms with Crippen molar-refractivity contribution < 1.29 is 14.1 Å². The first-order valence-corrected chi connectivity index (χ1v) is 10.3. The van der Waals surface area contributed by atoms with Gasteiger partial charge in [-0.1, -0.05) is 32.0 Å². The fourth-order valence-electron chi connectivity index (χ4n) is 3.94. The van der Waals surface area contributed by atoms with E-state index in [0.717, 1.165) is 16.7 Å². The summed E-state index contributed by atoms with van der Waals surface area (Å²) in [5, 5.41) is 0. The van der Waals surface area contributed by atoms with Crippen molar-refractivity contribution in [2.24, 2.45) is 0 Å². The summed E-state index contributed by atoms with van der Waals surface area (Å²) in [6, 6.07) is 10.0. The van der Waals surface area contributed by atoms with E-state index >= 15 is 0 Å². The van der Waals surface area contributed by atoms with Crippen LogP contribution >= 0.6 is 0 Å². The summed E-state index contributed by atoms with van der Waals surface area (Å²) in [5.41, 5.74) is 4.23. The van der Waals surface area contributed by atoms with Gasteiger partial charge in [0.2, 0.25) is 0 Å². The summed E-state index contributed by atoms with van der Waals surface area (Å²) in [6.45, 7) is 13.7. The average Bonchev–Trinajstić information content (AvgIpc) is 3.08.